The zero-order valence-corrected chi connectivity index (χ0v) is 27.8. The standard InChI is InChI=1S/C13H20F2N2O5S.C10H15F2NO4.CH4.K.H/c1-12(2,3)22-11(19)16-13(6-8(13)9(14)15)10(18)17-23(20,21)7-4-5-7;1-9(2,3)17-8(16)13-10(7(14)15)4-5(10)6(11)12;;;/h7-9H,4-6H2,1-3H3,(H,16,19)(H,17,18);5-6H,4H2,1-3H3,(H,13,16)(H,14,15);1H4;;/q;;;+1;-1/t8-,13+;5-,10+;;;/m00.../s1. The number of hydrogen-bond donors (Lipinski definition) is 4. The van der Waals surface area contributed by atoms with E-state index in [4.69, 9.17) is 14.6 Å². The molecule has 4 N–H and O–H groups in total. The molecule has 3 rings (SSSR count). The summed E-state index contributed by atoms with van der Waals surface area (Å²) in [6.45, 7) is 9.52. The van der Waals surface area contributed by atoms with Gasteiger partial charge in [-0.05, 0) is 67.2 Å². The van der Waals surface area contributed by atoms with Crippen LogP contribution in [0.4, 0.5) is 27.2 Å². The summed E-state index contributed by atoms with van der Waals surface area (Å²) >= 11 is 0. The molecule has 42 heavy (non-hydrogen) atoms. The van der Waals surface area contributed by atoms with Gasteiger partial charge in [-0.1, -0.05) is 7.43 Å². The molecular weight excluding hydrogens is 621 g/mol. The van der Waals surface area contributed by atoms with Crippen molar-refractivity contribution in [3.05, 3.63) is 0 Å². The van der Waals surface area contributed by atoms with Crippen LogP contribution in [0.5, 0.6) is 0 Å². The molecule has 0 heterocycles. The third kappa shape index (κ3) is 11.1. The van der Waals surface area contributed by atoms with Gasteiger partial charge in [-0.15, -0.1) is 0 Å². The summed E-state index contributed by atoms with van der Waals surface area (Å²) in [5.74, 6) is -5.40. The van der Waals surface area contributed by atoms with Crippen molar-refractivity contribution in [2.75, 3.05) is 0 Å². The van der Waals surface area contributed by atoms with Gasteiger partial charge in [0, 0.05) is 0 Å². The molecule has 0 aromatic carbocycles. The summed E-state index contributed by atoms with van der Waals surface area (Å²) in [4.78, 5) is 46.2. The van der Waals surface area contributed by atoms with Crippen molar-refractivity contribution in [1.29, 1.82) is 0 Å². The fraction of sp³-hybridized carbons (Fsp3) is 0.833. The monoisotopic (exact) mass is 661 g/mol. The fourth-order valence-corrected chi connectivity index (χ4v) is 5.11. The average Bonchev–Trinajstić information content (AvgIpc) is 3.59. The number of carboxylic acids is 1. The second-order valence-corrected chi connectivity index (χ2v) is 13.9. The van der Waals surface area contributed by atoms with E-state index >= 15 is 0 Å². The Hall–Kier alpha value is -1.21. The molecule has 18 heteroatoms. The molecule has 3 aliphatic carbocycles. The Labute approximate surface area is 286 Å². The maximum absolute atomic E-state index is 12.9. The molecule has 0 bridgehead atoms. The number of hydrogen-bond acceptors (Lipinski definition) is 8. The second-order valence-electron chi connectivity index (χ2n) is 12.0. The molecule has 0 aromatic rings. The van der Waals surface area contributed by atoms with Gasteiger partial charge in [0.2, 0.25) is 22.9 Å². The molecule has 0 unspecified atom stereocenters. The molecular formula is C24H40F4KN3O9S. The van der Waals surface area contributed by atoms with E-state index in [9.17, 15) is 45.2 Å². The number of alkyl carbamates (subject to hydrolysis) is 2. The Balaban J connectivity index is 0. The quantitative estimate of drug-likeness (QED) is 0.213. The van der Waals surface area contributed by atoms with Crippen LogP contribution in [-0.2, 0) is 29.1 Å². The molecule has 0 spiro atoms. The zero-order chi connectivity index (χ0) is 31.1. The van der Waals surface area contributed by atoms with Gasteiger partial charge in [0.1, 0.15) is 22.3 Å². The number of halogens is 4. The van der Waals surface area contributed by atoms with Crippen LogP contribution in [0.2, 0.25) is 0 Å². The van der Waals surface area contributed by atoms with Crippen LogP contribution in [0.15, 0.2) is 0 Å². The Kier molecular flexibility index (Phi) is 13.8. The minimum absolute atomic E-state index is 0. The maximum Gasteiger partial charge on any atom is 1.00 e. The maximum atomic E-state index is 12.9. The number of nitrogens with one attached hydrogen (secondary N) is 3. The Morgan fingerprint density at radius 3 is 1.48 bits per heavy atom. The number of aliphatic carboxylic acids is 1. The van der Waals surface area contributed by atoms with E-state index in [0.717, 1.165) is 0 Å². The first-order valence-corrected chi connectivity index (χ1v) is 13.9. The van der Waals surface area contributed by atoms with Crippen molar-refractivity contribution in [1.82, 2.24) is 15.4 Å². The van der Waals surface area contributed by atoms with E-state index in [2.05, 4.69) is 5.32 Å². The molecule has 0 radical (unpaired) electrons. The summed E-state index contributed by atoms with van der Waals surface area (Å²) in [6, 6.07) is 0. The molecule has 3 saturated carbocycles. The first kappa shape index (κ1) is 40.8. The smallest absolute Gasteiger partial charge is 1.00 e. The molecule has 0 aliphatic heterocycles. The largest absolute Gasteiger partial charge is 1.00 e. The van der Waals surface area contributed by atoms with Crippen LogP contribution in [0.3, 0.4) is 0 Å². The van der Waals surface area contributed by atoms with Gasteiger partial charge in [-0.2, -0.15) is 0 Å². The summed E-state index contributed by atoms with van der Waals surface area (Å²) in [5.41, 5.74) is -5.51. The number of carboxylic acid groups (broad SMARTS) is 1. The van der Waals surface area contributed by atoms with Crippen molar-refractivity contribution in [3.63, 3.8) is 0 Å². The first-order chi connectivity index (χ1) is 18.0. The van der Waals surface area contributed by atoms with Gasteiger partial charge >= 0.3 is 69.5 Å². The first-order valence-electron chi connectivity index (χ1n) is 12.3. The van der Waals surface area contributed by atoms with Crippen molar-refractivity contribution in [2.45, 2.75) is 115 Å². The normalized spacial score (nSPS) is 26.3. The van der Waals surface area contributed by atoms with Crippen LogP contribution >= 0.6 is 0 Å². The van der Waals surface area contributed by atoms with Gasteiger partial charge in [0.05, 0.1) is 17.1 Å². The molecule has 3 fully saturated rings. The van der Waals surface area contributed by atoms with E-state index in [0.29, 0.717) is 12.8 Å². The number of sulfonamides is 1. The number of carbonyl (C=O) groups is 4. The van der Waals surface area contributed by atoms with Gasteiger partial charge in [0.25, 0.3) is 5.91 Å². The van der Waals surface area contributed by atoms with Crippen LogP contribution in [0.25, 0.3) is 0 Å². The zero-order valence-electron chi connectivity index (χ0n) is 24.8. The van der Waals surface area contributed by atoms with Gasteiger partial charge in [0.15, 0.2) is 0 Å². The molecule has 0 aromatic heterocycles. The minimum atomic E-state index is -3.89. The second kappa shape index (κ2) is 14.3. The van der Waals surface area contributed by atoms with Crippen molar-refractivity contribution in [2.24, 2.45) is 11.8 Å². The third-order valence-electron chi connectivity index (χ3n) is 6.07. The molecule has 3 aliphatic rings. The molecule has 3 amide bonds. The Morgan fingerprint density at radius 2 is 1.19 bits per heavy atom. The van der Waals surface area contributed by atoms with Gasteiger partial charge < -0.3 is 26.6 Å². The van der Waals surface area contributed by atoms with E-state index in [1.807, 2.05) is 5.32 Å². The fourth-order valence-electron chi connectivity index (χ4n) is 3.74. The Bertz CT molecular complexity index is 1130. The van der Waals surface area contributed by atoms with Crippen LogP contribution in [0, 0.1) is 11.8 Å². The Morgan fingerprint density at radius 1 is 0.833 bits per heavy atom. The number of rotatable bonds is 8. The predicted molar refractivity (Wildman–Crippen MR) is 138 cm³/mol. The summed E-state index contributed by atoms with van der Waals surface area (Å²) in [5, 5.41) is 12.3. The number of carbonyl (C=O) groups excluding carboxylic acids is 3. The molecule has 240 valence electrons. The molecule has 0 saturated heterocycles. The predicted octanol–water partition coefficient (Wildman–Crippen LogP) is 0.515. The molecule has 4 atom stereocenters. The SMILES string of the molecule is C.CC(C)(C)OC(=O)N[C@]1(C(=O)NS(=O)(=O)C2CC2)C[C@H]1C(F)F.CC(C)(C)OC(=O)N[C@]1(C(=O)O)C[C@H]1C(F)F.[H-].[K+]. The van der Waals surface area contributed by atoms with Crippen LogP contribution < -0.4 is 66.7 Å². The number of alkyl halides is 4. The van der Waals surface area contributed by atoms with Gasteiger partial charge in [-0.25, -0.2) is 40.4 Å². The van der Waals surface area contributed by atoms with Crippen LogP contribution in [-0.4, -0.2) is 78.0 Å². The van der Waals surface area contributed by atoms with Crippen molar-refractivity contribution in [3.8, 4) is 0 Å². The van der Waals surface area contributed by atoms with E-state index in [-0.39, 0.29) is 73.1 Å². The van der Waals surface area contributed by atoms with E-state index < -0.39 is 86.3 Å². The summed E-state index contributed by atoms with van der Waals surface area (Å²) < 4.78 is 85.9. The molecule has 12 nitrogen and oxygen atoms in total. The number of amides is 3. The van der Waals surface area contributed by atoms with Gasteiger partial charge in [-0.3, -0.25) is 9.52 Å². The number of ether oxygens (including phenoxy) is 2. The minimum Gasteiger partial charge on any atom is -1.00 e. The third-order valence-corrected chi connectivity index (χ3v) is 7.89. The van der Waals surface area contributed by atoms with E-state index in [1.54, 1.807) is 46.3 Å². The van der Waals surface area contributed by atoms with Crippen LogP contribution in [0.1, 0.15) is 76.1 Å². The summed E-state index contributed by atoms with van der Waals surface area (Å²) in [6.07, 6.45) is -7.45. The van der Waals surface area contributed by atoms with Crippen molar-refractivity contribution >= 4 is 34.1 Å². The average molecular weight is 662 g/mol. The topological polar surface area (TPSA) is 177 Å². The summed E-state index contributed by atoms with van der Waals surface area (Å²) in [7, 11) is -3.89. The van der Waals surface area contributed by atoms with E-state index in [1.165, 1.54) is 0 Å². The van der Waals surface area contributed by atoms with Crippen molar-refractivity contribution < 1.29 is 113 Å².